The van der Waals surface area contributed by atoms with E-state index in [0.29, 0.717) is 5.56 Å². The van der Waals surface area contributed by atoms with Gasteiger partial charge in [0.1, 0.15) is 5.75 Å². The molecule has 0 aliphatic carbocycles. The lowest BCUT2D eigenvalue weighted by atomic mass is 10.1. The van der Waals surface area contributed by atoms with Crippen LogP contribution in [0.3, 0.4) is 0 Å². The van der Waals surface area contributed by atoms with Crippen molar-refractivity contribution in [2.45, 2.75) is 6.92 Å². The standard InChI is InChI=1S/C15H14O2/c1-12-7-9-14(10-8-12)17-11-15(16)13-5-3-2-4-6-13/h2-10H,11H2,1H3. The summed E-state index contributed by atoms with van der Waals surface area (Å²) in [6.07, 6.45) is 0. The van der Waals surface area contributed by atoms with Crippen molar-refractivity contribution in [3.8, 4) is 5.75 Å². The average Bonchev–Trinajstić information content (AvgIpc) is 2.39. The van der Waals surface area contributed by atoms with Crippen molar-refractivity contribution in [3.05, 3.63) is 65.7 Å². The fourth-order valence-electron chi connectivity index (χ4n) is 1.49. The fourth-order valence-corrected chi connectivity index (χ4v) is 1.49. The molecule has 17 heavy (non-hydrogen) atoms. The summed E-state index contributed by atoms with van der Waals surface area (Å²) in [7, 11) is 0. The highest BCUT2D eigenvalue weighted by Gasteiger charge is 2.05. The molecule has 0 saturated carbocycles. The number of rotatable bonds is 4. The van der Waals surface area contributed by atoms with Gasteiger partial charge in [-0.05, 0) is 19.1 Å². The van der Waals surface area contributed by atoms with Gasteiger partial charge in [-0.15, -0.1) is 0 Å². The van der Waals surface area contributed by atoms with Gasteiger partial charge in [-0.3, -0.25) is 4.79 Å². The molecule has 0 radical (unpaired) electrons. The van der Waals surface area contributed by atoms with E-state index in [1.165, 1.54) is 5.56 Å². The Kier molecular flexibility index (Phi) is 3.55. The van der Waals surface area contributed by atoms with Crippen LogP contribution in [-0.4, -0.2) is 12.4 Å². The number of hydrogen-bond donors (Lipinski definition) is 0. The molecular formula is C15H14O2. The molecule has 0 bridgehead atoms. The van der Waals surface area contributed by atoms with Crippen molar-refractivity contribution >= 4 is 5.78 Å². The summed E-state index contributed by atoms with van der Waals surface area (Å²) in [5, 5.41) is 0. The van der Waals surface area contributed by atoms with Crippen LogP contribution in [0.1, 0.15) is 15.9 Å². The third-order valence-corrected chi connectivity index (χ3v) is 2.49. The van der Waals surface area contributed by atoms with E-state index in [9.17, 15) is 4.79 Å². The minimum Gasteiger partial charge on any atom is -0.485 e. The maximum atomic E-state index is 11.8. The van der Waals surface area contributed by atoms with Crippen LogP contribution in [0.15, 0.2) is 54.6 Å². The second-order valence-electron chi connectivity index (χ2n) is 3.89. The molecule has 0 N–H and O–H groups in total. The Morgan fingerprint density at radius 3 is 2.29 bits per heavy atom. The van der Waals surface area contributed by atoms with Gasteiger partial charge in [0.05, 0.1) is 0 Å². The summed E-state index contributed by atoms with van der Waals surface area (Å²) in [6.45, 7) is 2.09. The van der Waals surface area contributed by atoms with E-state index in [-0.39, 0.29) is 12.4 Å². The number of Topliss-reactive ketones (excluding diaryl/α,β-unsaturated/α-hetero) is 1. The van der Waals surface area contributed by atoms with Crippen molar-refractivity contribution in [1.82, 2.24) is 0 Å². The summed E-state index contributed by atoms with van der Waals surface area (Å²) < 4.78 is 5.43. The van der Waals surface area contributed by atoms with Crippen LogP contribution in [0.25, 0.3) is 0 Å². The van der Waals surface area contributed by atoms with Gasteiger partial charge in [-0.25, -0.2) is 0 Å². The van der Waals surface area contributed by atoms with Gasteiger partial charge >= 0.3 is 0 Å². The molecular weight excluding hydrogens is 212 g/mol. The summed E-state index contributed by atoms with van der Waals surface area (Å²) in [5.41, 5.74) is 1.85. The van der Waals surface area contributed by atoms with E-state index in [0.717, 1.165) is 5.75 Å². The van der Waals surface area contributed by atoms with E-state index in [4.69, 9.17) is 4.74 Å². The van der Waals surface area contributed by atoms with Gasteiger partial charge in [0.25, 0.3) is 0 Å². The molecule has 2 aromatic rings. The van der Waals surface area contributed by atoms with E-state index in [1.807, 2.05) is 49.4 Å². The number of ketones is 1. The van der Waals surface area contributed by atoms with E-state index in [1.54, 1.807) is 12.1 Å². The molecule has 0 fully saturated rings. The van der Waals surface area contributed by atoms with Gasteiger partial charge in [-0.2, -0.15) is 0 Å². The maximum absolute atomic E-state index is 11.8. The van der Waals surface area contributed by atoms with Crippen molar-refractivity contribution in [2.75, 3.05) is 6.61 Å². The lowest BCUT2D eigenvalue weighted by Gasteiger charge is -2.05. The molecule has 2 heteroatoms. The van der Waals surface area contributed by atoms with Crippen LogP contribution in [-0.2, 0) is 0 Å². The highest BCUT2D eigenvalue weighted by molar-refractivity contribution is 5.97. The van der Waals surface area contributed by atoms with Gasteiger partial charge in [-0.1, -0.05) is 48.0 Å². The van der Waals surface area contributed by atoms with E-state index in [2.05, 4.69) is 0 Å². The summed E-state index contributed by atoms with van der Waals surface area (Å²) in [5.74, 6) is 0.714. The first-order valence-electron chi connectivity index (χ1n) is 5.53. The first kappa shape index (κ1) is 11.4. The van der Waals surface area contributed by atoms with Crippen LogP contribution < -0.4 is 4.74 Å². The van der Waals surface area contributed by atoms with Crippen molar-refractivity contribution in [1.29, 1.82) is 0 Å². The predicted molar refractivity (Wildman–Crippen MR) is 67.4 cm³/mol. The molecule has 0 atom stereocenters. The molecule has 0 amide bonds. The summed E-state index contributed by atoms with van der Waals surface area (Å²) in [6, 6.07) is 16.8. The van der Waals surface area contributed by atoms with Gasteiger partial charge in [0.2, 0.25) is 0 Å². The van der Waals surface area contributed by atoms with Gasteiger partial charge < -0.3 is 4.74 Å². The van der Waals surface area contributed by atoms with Gasteiger partial charge in [0, 0.05) is 5.56 Å². The van der Waals surface area contributed by atoms with Gasteiger partial charge in [0.15, 0.2) is 12.4 Å². The third kappa shape index (κ3) is 3.18. The Hall–Kier alpha value is -2.09. The van der Waals surface area contributed by atoms with Crippen molar-refractivity contribution in [3.63, 3.8) is 0 Å². The maximum Gasteiger partial charge on any atom is 0.200 e. The Labute approximate surface area is 101 Å². The van der Waals surface area contributed by atoms with Crippen LogP contribution >= 0.6 is 0 Å². The molecule has 0 spiro atoms. The summed E-state index contributed by atoms with van der Waals surface area (Å²) >= 11 is 0. The van der Waals surface area contributed by atoms with E-state index >= 15 is 0 Å². The monoisotopic (exact) mass is 226 g/mol. The first-order valence-corrected chi connectivity index (χ1v) is 5.53. The first-order chi connectivity index (χ1) is 8.25. The average molecular weight is 226 g/mol. The van der Waals surface area contributed by atoms with Crippen molar-refractivity contribution < 1.29 is 9.53 Å². The molecule has 86 valence electrons. The normalized spacial score (nSPS) is 9.94. The molecule has 0 aromatic heterocycles. The van der Waals surface area contributed by atoms with Crippen molar-refractivity contribution in [2.24, 2.45) is 0 Å². The predicted octanol–water partition coefficient (Wildman–Crippen LogP) is 3.26. The molecule has 0 unspecified atom stereocenters. The molecule has 0 heterocycles. The second-order valence-corrected chi connectivity index (χ2v) is 3.89. The molecule has 2 aromatic carbocycles. The number of hydrogen-bond acceptors (Lipinski definition) is 2. The highest BCUT2D eigenvalue weighted by Crippen LogP contribution is 2.12. The lowest BCUT2D eigenvalue weighted by molar-refractivity contribution is 0.0921. The molecule has 2 rings (SSSR count). The van der Waals surface area contributed by atoms with Crippen LogP contribution in [0.5, 0.6) is 5.75 Å². The number of ether oxygens (including phenoxy) is 1. The number of aryl methyl sites for hydroxylation is 1. The quantitative estimate of drug-likeness (QED) is 0.748. The third-order valence-electron chi connectivity index (χ3n) is 2.49. The molecule has 0 aliphatic heterocycles. The van der Waals surface area contributed by atoms with Crippen LogP contribution in [0.2, 0.25) is 0 Å². The van der Waals surface area contributed by atoms with E-state index < -0.39 is 0 Å². The smallest absolute Gasteiger partial charge is 0.200 e. The largest absolute Gasteiger partial charge is 0.485 e. The molecule has 2 nitrogen and oxygen atoms in total. The zero-order chi connectivity index (χ0) is 12.1. The number of benzene rings is 2. The second kappa shape index (κ2) is 5.30. The SMILES string of the molecule is Cc1ccc(OCC(=O)c2ccccc2)cc1. The number of carbonyl (C=O) groups excluding carboxylic acids is 1. The fraction of sp³-hybridized carbons (Fsp3) is 0.133. The molecule has 0 aliphatic rings. The zero-order valence-corrected chi connectivity index (χ0v) is 9.72. The Morgan fingerprint density at radius 2 is 1.65 bits per heavy atom. The molecule has 0 saturated heterocycles. The summed E-state index contributed by atoms with van der Waals surface area (Å²) in [4.78, 5) is 11.8. The van der Waals surface area contributed by atoms with Crippen LogP contribution in [0, 0.1) is 6.92 Å². The zero-order valence-electron chi connectivity index (χ0n) is 9.72. The minimum atomic E-state index is -0.00817. The lowest BCUT2D eigenvalue weighted by Crippen LogP contribution is -2.11. The Morgan fingerprint density at radius 1 is 1.00 bits per heavy atom. The Balaban J connectivity index is 1.95. The Bertz CT molecular complexity index is 486. The topological polar surface area (TPSA) is 26.3 Å². The minimum absolute atomic E-state index is 0.00817. The highest BCUT2D eigenvalue weighted by atomic mass is 16.5. The number of carbonyl (C=O) groups is 1. The van der Waals surface area contributed by atoms with Crippen LogP contribution in [0.4, 0.5) is 0 Å².